The molecule has 1 aliphatic rings. The van der Waals surface area contributed by atoms with Crippen LogP contribution in [0.1, 0.15) is 52.4 Å². The Morgan fingerprint density at radius 1 is 1.50 bits per heavy atom. The summed E-state index contributed by atoms with van der Waals surface area (Å²) in [6, 6.07) is 0.430. The molecule has 1 aliphatic carbocycles. The Kier molecular flexibility index (Phi) is 4.01. The van der Waals surface area contributed by atoms with Gasteiger partial charge in [-0.1, -0.05) is 13.8 Å². The highest BCUT2D eigenvalue weighted by molar-refractivity contribution is 4.89. The van der Waals surface area contributed by atoms with Crippen LogP contribution in [0.3, 0.4) is 0 Å². The third-order valence-corrected chi connectivity index (χ3v) is 3.73. The van der Waals surface area contributed by atoms with Gasteiger partial charge < -0.3 is 5.73 Å². The van der Waals surface area contributed by atoms with E-state index in [1.54, 1.807) is 0 Å². The van der Waals surface area contributed by atoms with Crippen molar-refractivity contribution < 1.29 is 0 Å². The van der Waals surface area contributed by atoms with E-state index in [0.717, 1.165) is 18.8 Å². The molecular weight excluding hydrogens is 170 g/mol. The minimum absolute atomic E-state index is 0.430. The molecule has 0 amide bonds. The quantitative estimate of drug-likeness (QED) is 0.541. The molecule has 0 spiro atoms. The Morgan fingerprint density at radius 3 is 2.86 bits per heavy atom. The van der Waals surface area contributed by atoms with Crippen molar-refractivity contribution in [3.05, 3.63) is 0 Å². The van der Waals surface area contributed by atoms with Gasteiger partial charge in [-0.15, -0.1) is 12.3 Å². The van der Waals surface area contributed by atoms with Gasteiger partial charge in [0.05, 0.1) is 0 Å². The molecule has 0 aromatic carbocycles. The lowest BCUT2D eigenvalue weighted by Gasteiger charge is -2.41. The van der Waals surface area contributed by atoms with Gasteiger partial charge in [-0.3, -0.25) is 0 Å². The average Bonchev–Trinajstić information content (AvgIpc) is 2.12. The van der Waals surface area contributed by atoms with E-state index >= 15 is 0 Å². The van der Waals surface area contributed by atoms with Gasteiger partial charge in [0.25, 0.3) is 0 Å². The molecule has 0 radical (unpaired) electrons. The van der Waals surface area contributed by atoms with Crippen molar-refractivity contribution in [2.45, 2.75) is 58.4 Å². The van der Waals surface area contributed by atoms with Crippen molar-refractivity contribution >= 4 is 0 Å². The summed E-state index contributed by atoms with van der Waals surface area (Å²) in [6.07, 6.45) is 12.3. The van der Waals surface area contributed by atoms with Crippen molar-refractivity contribution in [1.29, 1.82) is 0 Å². The fraction of sp³-hybridized carbons (Fsp3) is 0.846. The van der Waals surface area contributed by atoms with Gasteiger partial charge in [0, 0.05) is 12.5 Å². The first kappa shape index (κ1) is 11.6. The van der Waals surface area contributed by atoms with E-state index in [1.807, 2.05) is 0 Å². The maximum atomic E-state index is 6.01. The molecule has 2 unspecified atom stereocenters. The van der Waals surface area contributed by atoms with E-state index in [4.69, 9.17) is 12.2 Å². The predicted molar refractivity (Wildman–Crippen MR) is 61.8 cm³/mol. The number of unbranched alkanes of at least 4 members (excludes halogenated alkanes) is 1. The van der Waals surface area contributed by atoms with Gasteiger partial charge >= 0.3 is 0 Å². The zero-order chi connectivity index (χ0) is 10.6. The molecule has 0 aromatic heterocycles. The van der Waals surface area contributed by atoms with E-state index < -0.39 is 0 Å². The molecule has 1 saturated carbocycles. The second-order valence-electron chi connectivity index (χ2n) is 5.32. The van der Waals surface area contributed by atoms with E-state index in [1.165, 1.54) is 25.7 Å². The summed E-state index contributed by atoms with van der Waals surface area (Å²) >= 11 is 0. The first-order valence-corrected chi connectivity index (χ1v) is 5.75. The first-order chi connectivity index (χ1) is 6.56. The van der Waals surface area contributed by atoms with Gasteiger partial charge in [-0.25, -0.2) is 0 Å². The highest BCUT2D eigenvalue weighted by Crippen LogP contribution is 2.42. The van der Waals surface area contributed by atoms with Gasteiger partial charge in [-0.05, 0) is 43.4 Å². The molecule has 14 heavy (non-hydrogen) atoms. The third kappa shape index (κ3) is 3.03. The molecule has 2 atom stereocenters. The summed E-state index contributed by atoms with van der Waals surface area (Å²) in [7, 11) is 0. The van der Waals surface area contributed by atoms with Crippen LogP contribution in [0.4, 0.5) is 0 Å². The molecule has 0 saturated heterocycles. The molecule has 2 N–H and O–H groups in total. The number of nitrogens with two attached hydrogens (primary N) is 1. The maximum absolute atomic E-state index is 6.01. The molecule has 0 aliphatic heterocycles. The predicted octanol–water partition coefficient (Wildman–Crippen LogP) is 2.94. The largest absolute Gasteiger partial charge is 0.328 e. The molecule has 0 aromatic rings. The van der Waals surface area contributed by atoms with Gasteiger partial charge in [-0.2, -0.15) is 0 Å². The average molecular weight is 193 g/mol. The summed E-state index contributed by atoms with van der Waals surface area (Å²) in [5, 5.41) is 0. The van der Waals surface area contributed by atoms with E-state index in [0.29, 0.717) is 11.5 Å². The fourth-order valence-electron chi connectivity index (χ4n) is 2.52. The van der Waals surface area contributed by atoms with Crippen molar-refractivity contribution in [1.82, 2.24) is 0 Å². The van der Waals surface area contributed by atoms with Crippen LogP contribution in [-0.2, 0) is 0 Å². The zero-order valence-corrected chi connectivity index (χ0v) is 9.55. The summed E-state index contributed by atoms with van der Waals surface area (Å²) < 4.78 is 0. The molecule has 0 heterocycles. The lowest BCUT2D eigenvalue weighted by Crippen LogP contribution is -2.38. The Bertz CT molecular complexity index is 212. The normalized spacial score (nSPS) is 31.0. The number of rotatable bonds is 3. The van der Waals surface area contributed by atoms with Crippen LogP contribution in [0, 0.1) is 23.7 Å². The van der Waals surface area contributed by atoms with E-state index in [9.17, 15) is 0 Å². The molecule has 0 bridgehead atoms. The van der Waals surface area contributed by atoms with Crippen LogP contribution in [0.2, 0.25) is 0 Å². The van der Waals surface area contributed by atoms with Gasteiger partial charge in [0.15, 0.2) is 0 Å². The summed E-state index contributed by atoms with van der Waals surface area (Å²) in [6.45, 7) is 4.75. The Hall–Kier alpha value is -0.480. The van der Waals surface area contributed by atoms with Crippen LogP contribution in [0.5, 0.6) is 0 Å². The Balaban J connectivity index is 2.42. The second kappa shape index (κ2) is 4.84. The Labute approximate surface area is 88.5 Å². The van der Waals surface area contributed by atoms with Crippen LogP contribution < -0.4 is 5.73 Å². The summed E-state index contributed by atoms with van der Waals surface area (Å²) in [5.74, 6) is 3.49. The van der Waals surface area contributed by atoms with Gasteiger partial charge in [0.1, 0.15) is 0 Å². The Morgan fingerprint density at radius 2 is 2.21 bits per heavy atom. The van der Waals surface area contributed by atoms with Crippen LogP contribution in [0.15, 0.2) is 0 Å². The van der Waals surface area contributed by atoms with Crippen molar-refractivity contribution in [2.24, 2.45) is 17.1 Å². The van der Waals surface area contributed by atoms with Crippen molar-refractivity contribution in [3.63, 3.8) is 0 Å². The summed E-state index contributed by atoms with van der Waals surface area (Å²) in [4.78, 5) is 0. The molecule has 1 fully saturated rings. The molecule has 1 rings (SSSR count). The number of hydrogen-bond acceptors (Lipinski definition) is 1. The lowest BCUT2D eigenvalue weighted by molar-refractivity contribution is 0.114. The number of hydrogen-bond donors (Lipinski definition) is 1. The third-order valence-electron chi connectivity index (χ3n) is 3.73. The maximum Gasteiger partial charge on any atom is 0.00861 e. The second-order valence-corrected chi connectivity index (χ2v) is 5.32. The van der Waals surface area contributed by atoms with Crippen molar-refractivity contribution in [2.75, 3.05) is 0 Å². The standard InChI is InChI=1S/C13H23N/c1-4-5-6-7-11-10-12(14)8-9-13(11,2)3/h1,11-12H,5-10,14H2,2-3H3. The van der Waals surface area contributed by atoms with Crippen molar-refractivity contribution in [3.8, 4) is 12.3 Å². The highest BCUT2D eigenvalue weighted by Gasteiger charge is 2.34. The minimum atomic E-state index is 0.430. The molecule has 80 valence electrons. The van der Waals surface area contributed by atoms with Crippen LogP contribution in [-0.4, -0.2) is 6.04 Å². The first-order valence-electron chi connectivity index (χ1n) is 5.75. The fourth-order valence-corrected chi connectivity index (χ4v) is 2.52. The monoisotopic (exact) mass is 193 g/mol. The highest BCUT2D eigenvalue weighted by atomic mass is 14.6. The minimum Gasteiger partial charge on any atom is -0.328 e. The lowest BCUT2D eigenvalue weighted by atomic mass is 9.66. The summed E-state index contributed by atoms with van der Waals surface area (Å²) in [5.41, 5.74) is 6.49. The number of terminal acetylenes is 1. The SMILES string of the molecule is C#CCCCC1CC(N)CCC1(C)C. The zero-order valence-electron chi connectivity index (χ0n) is 9.55. The van der Waals surface area contributed by atoms with Crippen LogP contribution >= 0.6 is 0 Å². The van der Waals surface area contributed by atoms with E-state index in [-0.39, 0.29) is 0 Å². The molecule has 1 heteroatoms. The van der Waals surface area contributed by atoms with Gasteiger partial charge in [0.2, 0.25) is 0 Å². The smallest absolute Gasteiger partial charge is 0.00861 e. The molecule has 1 nitrogen and oxygen atoms in total. The van der Waals surface area contributed by atoms with Crippen LogP contribution in [0.25, 0.3) is 0 Å². The topological polar surface area (TPSA) is 26.0 Å². The van der Waals surface area contributed by atoms with E-state index in [2.05, 4.69) is 19.8 Å². The molecular formula is C13H23N.